The minimum atomic E-state index is 0.129. The van der Waals surface area contributed by atoms with Crippen LogP contribution >= 0.6 is 50.8 Å². The van der Waals surface area contributed by atoms with Crippen LogP contribution in [0.3, 0.4) is 0 Å². The number of carbonyl (C=O) groups is 1. The lowest BCUT2D eigenvalue weighted by Gasteiger charge is -2.11. The van der Waals surface area contributed by atoms with Crippen molar-refractivity contribution in [3.05, 3.63) is 44.7 Å². The van der Waals surface area contributed by atoms with Crippen molar-refractivity contribution in [3.63, 3.8) is 0 Å². The second-order valence-corrected chi connectivity index (χ2v) is 9.86. The maximum atomic E-state index is 12.6. The van der Waals surface area contributed by atoms with Crippen molar-refractivity contribution in [2.75, 3.05) is 12.0 Å². The second-order valence-electron chi connectivity index (χ2n) is 6.13. The van der Waals surface area contributed by atoms with Gasteiger partial charge in [-0.05, 0) is 49.6 Å². The van der Waals surface area contributed by atoms with Gasteiger partial charge in [0.15, 0.2) is 10.9 Å². The number of benzene rings is 1. The van der Waals surface area contributed by atoms with Gasteiger partial charge in [0.2, 0.25) is 0 Å². The molecule has 0 N–H and O–H groups in total. The third-order valence-corrected chi connectivity index (χ3v) is 7.69. The molecule has 26 heavy (non-hydrogen) atoms. The molecule has 1 aliphatic rings. The van der Waals surface area contributed by atoms with Crippen LogP contribution in [0.2, 0.25) is 0 Å². The van der Waals surface area contributed by atoms with E-state index in [-0.39, 0.29) is 5.78 Å². The lowest BCUT2D eigenvalue weighted by atomic mass is 9.97. The summed E-state index contributed by atoms with van der Waals surface area (Å²) in [6.07, 6.45) is 6.73. The highest BCUT2D eigenvalue weighted by molar-refractivity contribution is 9.10. The van der Waals surface area contributed by atoms with Crippen LogP contribution in [-0.2, 0) is 12.8 Å². The van der Waals surface area contributed by atoms with Gasteiger partial charge in [-0.15, -0.1) is 11.3 Å². The SMILES string of the molecule is CSc1nc(SCC(=O)c2ccc(Br)cc2)c2c3c(sc2n1)CCCC3. The number of rotatable bonds is 5. The number of ketones is 1. The summed E-state index contributed by atoms with van der Waals surface area (Å²) in [6.45, 7) is 0. The Morgan fingerprint density at radius 3 is 2.73 bits per heavy atom. The summed E-state index contributed by atoms with van der Waals surface area (Å²) >= 11 is 8.32. The summed E-state index contributed by atoms with van der Waals surface area (Å²) in [4.78, 5) is 24.6. The number of Topliss-reactive ketones (excluding diaryl/α,β-unsaturated/α-hetero) is 1. The molecule has 3 nitrogen and oxygen atoms in total. The molecule has 0 saturated carbocycles. The smallest absolute Gasteiger partial charge is 0.189 e. The maximum absolute atomic E-state index is 12.6. The van der Waals surface area contributed by atoms with Gasteiger partial charge in [0.1, 0.15) is 9.86 Å². The van der Waals surface area contributed by atoms with Crippen LogP contribution in [0.1, 0.15) is 33.6 Å². The number of hydrogen-bond acceptors (Lipinski definition) is 6. The van der Waals surface area contributed by atoms with Gasteiger partial charge in [0.25, 0.3) is 0 Å². The predicted molar refractivity (Wildman–Crippen MR) is 115 cm³/mol. The zero-order valence-corrected chi connectivity index (χ0v) is 18.3. The monoisotopic (exact) mass is 464 g/mol. The van der Waals surface area contributed by atoms with Crippen LogP contribution < -0.4 is 0 Å². The molecule has 4 rings (SSSR count). The van der Waals surface area contributed by atoms with Crippen LogP contribution in [0.15, 0.2) is 38.9 Å². The number of thiophene rings is 1. The van der Waals surface area contributed by atoms with E-state index in [1.54, 1.807) is 23.5 Å². The Morgan fingerprint density at radius 2 is 1.96 bits per heavy atom. The second kappa shape index (κ2) is 8.00. The summed E-state index contributed by atoms with van der Waals surface area (Å²) in [7, 11) is 0. The molecular weight excluding hydrogens is 448 g/mol. The first-order chi connectivity index (χ1) is 12.7. The topological polar surface area (TPSA) is 42.9 Å². The molecule has 0 aliphatic heterocycles. The third kappa shape index (κ3) is 3.72. The Kier molecular flexibility index (Phi) is 5.69. The summed E-state index contributed by atoms with van der Waals surface area (Å²) in [6, 6.07) is 7.54. The normalized spacial score (nSPS) is 13.8. The van der Waals surface area contributed by atoms with E-state index in [0.29, 0.717) is 5.75 Å². The number of carbonyl (C=O) groups excluding carboxylic acids is 1. The highest BCUT2D eigenvalue weighted by Gasteiger charge is 2.22. The number of halogens is 1. The van der Waals surface area contributed by atoms with Crippen LogP contribution in [0.5, 0.6) is 0 Å². The summed E-state index contributed by atoms with van der Waals surface area (Å²) in [5, 5.41) is 2.94. The van der Waals surface area contributed by atoms with Gasteiger partial charge in [0.05, 0.1) is 5.75 Å². The van der Waals surface area contributed by atoms with Crippen LogP contribution in [0.25, 0.3) is 10.2 Å². The van der Waals surface area contributed by atoms with Gasteiger partial charge in [-0.25, -0.2) is 9.97 Å². The Bertz CT molecular complexity index is 969. The first-order valence-electron chi connectivity index (χ1n) is 8.43. The molecule has 0 atom stereocenters. The van der Waals surface area contributed by atoms with E-state index in [1.165, 1.54) is 28.7 Å². The molecule has 2 aromatic heterocycles. The minimum Gasteiger partial charge on any atom is -0.293 e. The fourth-order valence-electron chi connectivity index (χ4n) is 3.15. The molecule has 0 radical (unpaired) electrons. The van der Waals surface area contributed by atoms with Crippen molar-refractivity contribution in [2.45, 2.75) is 35.9 Å². The van der Waals surface area contributed by atoms with Gasteiger partial charge >= 0.3 is 0 Å². The first kappa shape index (κ1) is 18.5. The van der Waals surface area contributed by atoms with Crippen molar-refractivity contribution in [1.82, 2.24) is 9.97 Å². The molecule has 0 spiro atoms. The highest BCUT2D eigenvalue weighted by Crippen LogP contribution is 2.40. The van der Waals surface area contributed by atoms with Crippen molar-refractivity contribution in [2.24, 2.45) is 0 Å². The Hall–Kier alpha value is -0.890. The molecule has 0 unspecified atom stereocenters. The number of aromatic nitrogens is 2. The van der Waals surface area contributed by atoms with Crippen molar-refractivity contribution < 1.29 is 4.79 Å². The zero-order chi connectivity index (χ0) is 18.1. The van der Waals surface area contributed by atoms with E-state index in [9.17, 15) is 4.79 Å². The number of hydrogen-bond donors (Lipinski definition) is 0. The molecule has 2 heterocycles. The van der Waals surface area contributed by atoms with Crippen molar-refractivity contribution >= 4 is 66.8 Å². The van der Waals surface area contributed by atoms with Crippen LogP contribution in [0.4, 0.5) is 0 Å². The lowest BCUT2D eigenvalue weighted by molar-refractivity contribution is 0.102. The largest absolute Gasteiger partial charge is 0.293 e. The molecule has 7 heteroatoms. The summed E-state index contributed by atoms with van der Waals surface area (Å²) < 4.78 is 0.980. The van der Waals surface area contributed by atoms with E-state index in [2.05, 4.69) is 15.9 Å². The predicted octanol–water partition coefficient (Wildman–Crippen LogP) is 6.03. The standard InChI is InChI=1S/C19H17BrN2OS3/c1-24-19-21-17(25-10-14(23)11-6-8-12(20)9-7-11)16-13-4-2-3-5-15(13)26-18(16)22-19/h6-9H,2-5,10H2,1H3. The van der Waals surface area contributed by atoms with Gasteiger partial charge in [-0.3, -0.25) is 4.79 Å². The van der Waals surface area contributed by atoms with Crippen LogP contribution in [-0.4, -0.2) is 27.8 Å². The van der Waals surface area contributed by atoms with E-state index >= 15 is 0 Å². The van der Waals surface area contributed by atoms with Crippen molar-refractivity contribution in [1.29, 1.82) is 0 Å². The fraction of sp³-hybridized carbons (Fsp3) is 0.316. The Labute approximate surface area is 173 Å². The molecule has 3 aromatic rings. The van der Waals surface area contributed by atoms with Crippen molar-refractivity contribution in [3.8, 4) is 0 Å². The maximum Gasteiger partial charge on any atom is 0.189 e. The molecule has 0 bridgehead atoms. The van der Waals surface area contributed by atoms with Crippen LogP contribution in [0, 0.1) is 0 Å². The first-order valence-corrected chi connectivity index (χ1v) is 12.3. The number of thioether (sulfide) groups is 2. The molecule has 0 saturated heterocycles. The van der Waals surface area contributed by atoms with Gasteiger partial charge in [0, 0.05) is 20.3 Å². The number of fused-ring (bicyclic) bond motifs is 3. The van der Waals surface area contributed by atoms with E-state index in [0.717, 1.165) is 37.9 Å². The Morgan fingerprint density at radius 1 is 1.19 bits per heavy atom. The van der Waals surface area contributed by atoms with Gasteiger partial charge in [-0.1, -0.05) is 51.6 Å². The molecular formula is C19H17BrN2OS3. The molecule has 1 aromatic carbocycles. The highest BCUT2D eigenvalue weighted by atomic mass is 79.9. The lowest BCUT2D eigenvalue weighted by Crippen LogP contribution is -2.04. The average Bonchev–Trinajstić information content (AvgIpc) is 3.04. The number of aryl methyl sites for hydroxylation is 2. The molecule has 134 valence electrons. The van der Waals surface area contributed by atoms with E-state index in [1.807, 2.05) is 41.9 Å². The molecule has 1 aliphatic carbocycles. The zero-order valence-electron chi connectivity index (χ0n) is 14.3. The van der Waals surface area contributed by atoms with Gasteiger partial charge < -0.3 is 0 Å². The quantitative estimate of drug-likeness (QED) is 0.199. The molecule has 0 fully saturated rings. The summed E-state index contributed by atoms with van der Waals surface area (Å²) in [5.74, 6) is 0.524. The van der Waals surface area contributed by atoms with E-state index in [4.69, 9.17) is 9.97 Å². The Balaban J connectivity index is 1.65. The van der Waals surface area contributed by atoms with E-state index < -0.39 is 0 Å². The molecule has 0 amide bonds. The average molecular weight is 465 g/mol. The van der Waals surface area contributed by atoms with Gasteiger partial charge in [-0.2, -0.15) is 0 Å². The summed E-state index contributed by atoms with van der Waals surface area (Å²) in [5.41, 5.74) is 2.16. The third-order valence-electron chi connectivity index (χ3n) is 4.45. The minimum absolute atomic E-state index is 0.129. The fourth-order valence-corrected chi connectivity index (χ4v) is 6.17. The number of nitrogens with zero attached hydrogens (tertiary/aromatic N) is 2.